The highest BCUT2D eigenvalue weighted by Gasteiger charge is 2.38. The maximum Gasteiger partial charge on any atom is 0.245 e. The Labute approximate surface area is 119 Å². The van der Waals surface area contributed by atoms with Crippen molar-refractivity contribution in [3.63, 3.8) is 0 Å². The Morgan fingerprint density at radius 1 is 1.30 bits per heavy atom. The van der Waals surface area contributed by atoms with Crippen LogP contribution in [0.2, 0.25) is 0 Å². The average Bonchev–Trinajstić information content (AvgIpc) is 2.61. The Balaban J connectivity index is 2.44. The number of nitrogens with zero attached hydrogens (tertiary/aromatic N) is 1. The fourth-order valence-corrected chi connectivity index (χ4v) is 5.39. The van der Waals surface area contributed by atoms with Crippen LogP contribution in [0.5, 0.6) is 0 Å². The zero-order chi connectivity index (χ0) is 15.0. The van der Waals surface area contributed by atoms with Crippen LogP contribution < -0.4 is 5.14 Å². The molecule has 1 heterocycles. The van der Waals surface area contributed by atoms with Crippen LogP contribution >= 0.6 is 0 Å². The van der Waals surface area contributed by atoms with Gasteiger partial charge in [-0.05, 0) is 18.1 Å². The lowest BCUT2D eigenvalue weighted by Gasteiger charge is -2.14. The van der Waals surface area contributed by atoms with E-state index in [0.29, 0.717) is 12.1 Å². The second-order valence-corrected chi connectivity index (χ2v) is 8.24. The fraction of sp³-hybridized carbons (Fsp3) is 0.500. The molecule has 0 bridgehead atoms. The molecular formula is C12H18N2O4S2. The van der Waals surface area contributed by atoms with E-state index in [1.54, 1.807) is 6.07 Å². The summed E-state index contributed by atoms with van der Waals surface area (Å²) in [6.45, 7) is 2.64. The topological polar surface area (TPSA) is 97.5 Å². The zero-order valence-corrected chi connectivity index (χ0v) is 12.9. The predicted octanol–water partition coefficient (Wildman–Crippen LogP) is 1.03. The zero-order valence-electron chi connectivity index (χ0n) is 11.2. The molecule has 0 radical (unpaired) electrons. The Kier molecular flexibility index (Phi) is 4.19. The summed E-state index contributed by atoms with van der Waals surface area (Å²) in [4.78, 5) is -0.466. The quantitative estimate of drug-likeness (QED) is 0.820. The second-order valence-electron chi connectivity index (χ2n) is 4.84. The van der Waals surface area contributed by atoms with Crippen molar-refractivity contribution >= 4 is 20.0 Å². The van der Waals surface area contributed by atoms with Crippen molar-refractivity contribution in [1.29, 1.82) is 0 Å². The third-order valence-electron chi connectivity index (χ3n) is 3.32. The summed E-state index contributed by atoms with van der Waals surface area (Å²) in [5.41, 5.74) is 0.494. The minimum absolute atomic E-state index is 0.154. The molecule has 0 amide bonds. The molecule has 1 aromatic carbocycles. The van der Waals surface area contributed by atoms with Crippen molar-refractivity contribution in [2.24, 2.45) is 5.14 Å². The van der Waals surface area contributed by atoms with E-state index in [4.69, 9.17) is 5.14 Å². The maximum absolute atomic E-state index is 12.5. The number of primary sulfonamides is 1. The van der Waals surface area contributed by atoms with Crippen molar-refractivity contribution in [2.45, 2.75) is 42.5 Å². The van der Waals surface area contributed by atoms with Gasteiger partial charge in [-0.15, -0.1) is 0 Å². The van der Waals surface area contributed by atoms with Gasteiger partial charge in [-0.25, -0.2) is 22.0 Å². The minimum Gasteiger partial charge on any atom is -0.225 e. The number of rotatable bonds is 5. The van der Waals surface area contributed by atoms with Crippen molar-refractivity contribution in [2.75, 3.05) is 6.54 Å². The summed E-state index contributed by atoms with van der Waals surface area (Å²) in [5, 5.41) is 5.11. The molecule has 2 N–H and O–H groups in total. The van der Waals surface area contributed by atoms with Crippen molar-refractivity contribution in [1.82, 2.24) is 4.31 Å². The molecule has 0 aromatic heterocycles. The van der Waals surface area contributed by atoms with Gasteiger partial charge in [-0.1, -0.05) is 31.9 Å². The molecule has 0 fully saturated rings. The minimum atomic E-state index is -4.05. The standard InChI is InChI=1S/C12H18N2O4S2/c1-2-3-4-8-14-9-10-6-5-7-11(19(13,15)16)12(10)20(14,17)18/h5-7H,2-4,8-9H2,1H3,(H2,13,15,16). The van der Waals surface area contributed by atoms with E-state index in [9.17, 15) is 16.8 Å². The summed E-state index contributed by atoms with van der Waals surface area (Å²) in [5.74, 6) is 0. The van der Waals surface area contributed by atoms with E-state index in [0.717, 1.165) is 19.3 Å². The van der Waals surface area contributed by atoms with Crippen LogP contribution in [-0.4, -0.2) is 27.7 Å². The van der Waals surface area contributed by atoms with Gasteiger partial charge in [-0.2, -0.15) is 4.31 Å². The Hall–Kier alpha value is -0.960. The van der Waals surface area contributed by atoms with Gasteiger partial charge < -0.3 is 0 Å². The summed E-state index contributed by atoms with van der Waals surface area (Å²) in [6.07, 6.45) is 2.68. The SMILES string of the molecule is CCCCCN1Cc2cccc(S(N)(=O)=O)c2S1(=O)=O. The van der Waals surface area contributed by atoms with Crippen LogP contribution in [0, 0.1) is 0 Å². The molecule has 6 nitrogen and oxygen atoms in total. The number of sulfonamides is 2. The first-order valence-corrected chi connectivity index (χ1v) is 9.42. The molecule has 0 aliphatic carbocycles. The molecular weight excluding hydrogens is 300 g/mol. The molecule has 0 saturated heterocycles. The van der Waals surface area contributed by atoms with Gasteiger partial charge in [-0.3, -0.25) is 0 Å². The smallest absolute Gasteiger partial charge is 0.225 e. The van der Waals surface area contributed by atoms with Gasteiger partial charge in [0.25, 0.3) is 0 Å². The number of fused-ring (bicyclic) bond motifs is 1. The first-order chi connectivity index (χ1) is 9.28. The maximum atomic E-state index is 12.5. The molecule has 0 unspecified atom stereocenters. The summed E-state index contributed by atoms with van der Waals surface area (Å²) >= 11 is 0. The predicted molar refractivity (Wildman–Crippen MR) is 74.9 cm³/mol. The van der Waals surface area contributed by atoms with Gasteiger partial charge in [0.1, 0.15) is 9.79 Å². The lowest BCUT2D eigenvalue weighted by molar-refractivity contribution is 0.411. The second kappa shape index (κ2) is 5.44. The van der Waals surface area contributed by atoms with E-state index in [2.05, 4.69) is 0 Å². The largest absolute Gasteiger partial charge is 0.245 e. The average molecular weight is 318 g/mol. The van der Waals surface area contributed by atoms with Gasteiger partial charge in [0.05, 0.1) is 0 Å². The number of hydrogen-bond acceptors (Lipinski definition) is 4. The number of benzene rings is 1. The molecule has 1 aromatic rings. The number of nitrogens with two attached hydrogens (primary N) is 1. The lowest BCUT2D eigenvalue weighted by Crippen LogP contribution is -2.26. The molecule has 1 aliphatic rings. The highest BCUT2D eigenvalue weighted by molar-refractivity contribution is 7.92. The molecule has 1 aliphatic heterocycles. The van der Waals surface area contributed by atoms with E-state index in [-0.39, 0.29) is 16.3 Å². The van der Waals surface area contributed by atoms with E-state index in [1.807, 2.05) is 6.92 Å². The van der Waals surface area contributed by atoms with Gasteiger partial charge in [0.2, 0.25) is 20.0 Å². The van der Waals surface area contributed by atoms with Crippen LogP contribution in [0.1, 0.15) is 31.7 Å². The van der Waals surface area contributed by atoms with Crippen molar-refractivity contribution < 1.29 is 16.8 Å². The Bertz CT molecular complexity index is 711. The first-order valence-electron chi connectivity index (χ1n) is 6.43. The molecule has 0 spiro atoms. The summed E-state index contributed by atoms with van der Waals surface area (Å²) in [7, 11) is -7.82. The van der Waals surface area contributed by atoms with E-state index >= 15 is 0 Å². The molecule has 8 heteroatoms. The highest BCUT2D eigenvalue weighted by atomic mass is 32.2. The highest BCUT2D eigenvalue weighted by Crippen LogP contribution is 2.34. The van der Waals surface area contributed by atoms with Gasteiger partial charge in [0.15, 0.2) is 0 Å². The van der Waals surface area contributed by atoms with Gasteiger partial charge >= 0.3 is 0 Å². The first kappa shape index (κ1) is 15.4. The van der Waals surface area contributed by atoms with Crippen molar-refractivity contribution in [3.8, 4) is 0 Å². The van der Waals surface area contributed by atoms with Crippen LogP contribution in [0.4, 0.5) is 0 Å². The third-order valence-corrected chi connectivity index (χ3v) is 6.39. The van der Waals surface area contributed by atoms with Crippen LogP contribution in [0.3, 0.4) is 0 Å². The fourth-order valence-electron chi connectivity index (χ4n) is 2.34. The van der Waals surface area contributed by atoms with Crippen LogP contribution in [-0.2, 0) is 26.6 Å². The molecule has 2 rings (SSSR count). The normalized spacial score (nSPS) is 18.1. The Morgan fingerprint density at radius 3 is 2.60 bits per heavy atom. The van der Waals surface area contributed by atoms with Crippen LogP contribution in [0.25, 0.3) is 0 Å². The van der Waals surface area contributed by atoms with Gasteiger partial charge in [0, 0.05) is 13.1 Å². The van der Waals surface area contributed by atoms with E-state index in [1.165, 1.54) is 16.4 Å². The summed E-state index contributed by atoms with van der Waals surface area (Å²) in [6, 6.07) is 4.38. The monoisotopic (exact) mass is 318 g/mol. The number of hydrogen-bond donors (Lipinski definition) is 1. The molecule has 0 atom stereocenters. The summed E-state index contributed by atoms with van der Waals surface area (Å²) < 4.78 is 49.3. The lowest BCUT2D eigenvalue weighted by atomic mass is 10.2. The third kappa shape index (κ3) is 2.73. The Morgan fingerprint density at radius 2 is 2.00 bits per heavy atom. The van der Waals surface area contributed by atoms with Crippen LogP contribution in [0.15, 0.2) is 28.0 Å². The van der Waals surface area contributed by atoms with E-state index < -0.39 is 20.0 Å². The number of unbranched alkanes of at least 4 members (excludes halogenated alkanes) is 2. The molecule has 20 heavy (non-hydrogen) atoms. The molecule has 112 valence electrons. The molecule has 0 saturated carbocycles. The van der Waals surface area contributed by atoms with Crippen molar-refractivity contribution in [3.05, 3.63) is 23.8 Å².